The Morgan fingerprint density at radius 1 is 1.10 bits per heavy atom. The Labute approximate surface area is 171 Å². The van der Waals surface area contributed by atoms with Crippen LogP contribution in [0.3, 0.4) is 0 Å². The van der Waals surface area contributed by atoms with Gasteiger partial charge in [0, 0.05) is 31.0 Å². The first-order valence-corrected chi connectivity index (χ1v) is 11.9. The van der Waals surface area contributed by atoms with E-state index >= 15 is 0 Å². The minimum absolute atomic E-state index is 0.00415. The highest BCUT2D eigenvalue weighted by Crippen LogP contribution is 2.28. The fraction of sp³-hybridized carbons (Fsp3) is 0.684. The molecule has 2 heterocycles. The molecule has 9 nitrogen and oxygen atoms in total. The smallest absolute Gasteiger partial charge is 0.308 e. The Bertz CT molecular complexity index is 796. The lowest BCUT2D eigenvalue weighted by atomic mass is 9.93. The number of nitrogens with one attached hydrogen (secondary N) is 1. The number of hydrogen-bond donors (Lipinski definition) is 1. The van der Waals surface area contributed by atoms with Gasteiger partial charge in [-0.15, -0.1) is 0 Å². The van der Waals surface area contributed by atoms with Gasteiger partial charge < -0.3 is 15.0 Å². The van der Waals surface area contributed by atoms with Gasteiger partial charge >= 0.3 is 5.97 Å². The van der Waals surface area contributed by atoms with Crippen LogP contribution in [0.15, 0.2) is 18.5 Å². The number of ether oxygens (including phenoxy) is 1. The van der Waals surface area contributed by atoms with Crippen LogP contribution in [0.4, 0.5) is 5.95 Å². The first kappa shape index (κ1) is 21.5. The average Bonchev–Trinajstić information content (AvgIpc) is 3.07. The summed E-state index contributed by atoms with van der Waals surface area (Å²) < 4.78 is 29.0. The van der Waals surface area contributed by atoms with Crippen molar-refractivity contribution in [3.05, 3.63) is 18.5 Å². The summed E-state index contributed by atoms with van der Waals surface area (Å²) in [6.07, 6.45) is 8.65. The van der Waals surface area contributed by atoms with Crippen LogP contribution in [0.1, 0.15) is 44.9 Å². The number of nitrogens with zero attached hydrogens (tertiary/aromatic N) is 3. The molecule has 160 valence electrons. The van der Waals surface area contributed by atoms with Crippen LogP contribution >= 0.6 is 0 Å². The molecular weight excluding hydrogens is 396 g/mol. The second-order valence-electron chi connectivity index (χ2n) is 7.56. The van der Waals surface area contributed by atoms with E-state index in [4.69, 9.17) is 4.74 Å². The summed E-state index contributed by atoms with van der Waals surface area (Å²) in [5, 5.41) is 2.91. The predicted molar refractivity (Wildman–Crippen MR) is 107 cm³/mol. The molecule has 0 bridgehead atoms. The van der Waals surface area contributed by atoms with E-state index in [2.05, 4.69) is 15.3 Å². The number of amides is 1. The second kappa shape index (κ2) is 10.00. The predicted octanol–water partition coefficient (Wildman–Crippen LogP) is 1.17. The van der Waals surface area contributed by atoms with Crippen molar-refractivity contribution < 1.29 is 22.7 Å². The van der Waals surface area contributed by atoms with Crippen LogP contribution in [0, 0.1) is 0 Å². The van der Waals surface area contributed by atoms with Gasteiger partial charge in [-0.2, -0.15) is 0 Å². The molecule has 1 atom stereocenters. The Kier molecular flexibility index (Phi) is 7.40. The third-order valence-electron chi connectivity index (χ3n) is 5.39. The Hall–Kier alpha value is -2.23. The molecule has 1 saturated heterocycles. The van der Waals surface area contributed by atoms with Crippen molar-refractivity contribution in [1.29, 1.82) is 0 Å². The number of sulfone groups is 1. The average molecular weight is 425 g/mol. The molecule has 1 saturated carbocycles. The molecule has 3 rings (SSSR count). The van der Waals surface area contributed by atoms with Gasteiger partial charge in [-0.3, -0.25) is 9.59 Å². The molecule has 1 unspecified atom stereocenters. The number of rotatable bonds is 8. The first-order valence-electron chi connectivity index (χ1n) is 10.1. The Morgan fingerprint density at radius 2 is 1.83 bits per heavy atom. The maximum atomic E-state index is 12.9. The van der Waals surface area contributed by atoms with Gasteiger partial charge in [0.25, 0.3) is 5.91 Å². The van der Waals surface area contributed by atoms with Gasteiger partial charge in [0.1, 0.15) is 0 Å². The topological polar surface area (TPSA) is 119 Å². The molecule has 1 aliphatic heterocycles. The first-order chi connectivity index (χ1) is 13.9. The number of aromatic nitrogens is 2. The third kappa shape index (κ3) is 6.38. The van der Waals surface area contributed by atoms with Crippen molar-refractivity contribution in [2.24, 2.45) is 0 Å². The summed E-state index contributed by atoms with van der Waals surface area (Å²) in [6, 6.07) is 1.41. The summed E-state index contributed by atoms with van der Waals surface area (Å²) in [7, 11) is -3.10. The zero-order chi connectivity index (χ0) is 20.7. The van der Waals surface area contributed by atoms with E-state index in [0.717, 1.165) is 32.1 Å². The van der Waals surface area contributed by atoms with E-state index in [9.17, 15) is 18.0 Å². The summed E-state index contributed by atoms with van der Waals surface area (Å²) in [5.74, 6) is -0.260. The fourth-order valence-corrected chi connectivity index (χ4v) is 5.73. The SMILES string of the molecule is O=C(CCNc1ncccn1)OCC(=O)N(C1CCCCC1)C1CCS(=O)(=O)C1. The normalized spacial score (nSPS) is 21.4. The molecule has 0 aromatic carbocycles. The lowest BCUT2D eigenvalue weighted by Gasteiger charge is -2.38. The van der Waals surface area contributed by atoms with Crippen molar-refractivity contribution in [2.45, 2.75) is 57.0 Å². The number of anilines is 1. The number of hydrogen-bond acceptors (Lipinski definition) is 8. The van der Waals surface area contributed by atoms with Crippen molar-refractivity contribution >= 4 is 27.7 Å². The number of esters is 1. The highest BCUT2D eigenvalue weighted by atomic mass is 32.2. The zero-order valence-electron chi connectivity index (χ0n) is 16.5. The van der Waals surface area contributed by atoms with E-state index in [1.54, 1.807) is 23.4 Å². The van der Waals surface area contributed by atoms with Crippen LogP contribution in [-0.4, -0.2) is 71.9 Å². The van der Waals surface area contributed by atoms with Crippen molar-refractivity contribution in [2.75, 3.05) is 30.0 Å². The van der Waals surface area contributed by atoms with Crippen LogP contribution in [0.5, 0.6) is 0 Å². The highest BCUT2D eigenvalue weighted by molar-refractivity contribution is 7.91. The third-order valence-corrected chi connectivity index (χ3v) is 7.14. The molecule has 1 aliphatic carbocycles. The number of carbonyl (C=O) groups is 2. The van der Waals surface area contributed by atoms with Crippen molar-refractivity contribution in [3.8, 4) is 0 Å². The molecule has 1 amide bonds. The van der Waals surface area contributed by atoms with Gasteiger partial charge in [-0.05, 0) is 25.3 Å². The second-order valence-corrected chi connectivity index (χ2v) is 9.79. The Balaban J connectivity index is 1.50. The van der Waals surface area contributed by atoms with E-state index in [0.29, 0.717) is 18.9 Å². The Morgan fingerprint density at radius 3 is 2.48 bits per heavy atom. The van der Waals surface area contributed by atoms with Crippen LogP contribution in [0.2, 0.25) is 0 Å². The van der Waals surface area contributed by atoms with Gasteiger partial charge in [0.2, 0.25) is 5.95 Å². The van der Waals surface area contributed by atoms with E-state index in [-0.39, 0.29) is 42.5 Å². The van der Waals surface area contributed by atoms with Gasteiger partial charge in [0.15, 0.2) is 16.4 Å². The number of carbonyl (C=O) groups excluding carboxylic acids is 2. The minimum atomic E-state index is -3.10. The fourth-order valence-electron chi connectivity index (χ4n) is 4.02. The molecule has 1 aromatic heterocycles. The molecule has 0 spiro atoms. The molecular formula is C19H28N4O5S. The van der Waals surface area contributed by atoms with Crippen molar-refractivity contribution in [3.63, 3.8) is 0 Å². The summed E-state index contributed by atoms with van der Waals surface area (Å²) >= 11 is 0. The van der Waals surface area contributed by atoms with Gasteiger partial charge in [-0.25, -0.2) is 18.4 Å². The highest BCUT2D eigenvalue weighted by Gasteiger charge is 2.38. The largest absolute Gasteiger partial charge is 0.456 e. The molecule has 0 radical (unpaired) electrons. The van der Waals surface area contributed by atoms with Crippen LogP contribution < -0.4 is 5.32 Å². The molecule has 1 N–H and O–H groups in total. The summed E-state index contributed by atoms with van der Waals surface area (Å²) in [5.41, 5.74) is 0. The van der Waals surface area contributed by atoms with E-state index in [1.807, 2.05) is 0 Å². The van der Waals surface area contributed by atoms with Gasteiger partial charge in [0.05, 0.1) is 17.9 Å². The molecule has 2 fully saturated rings. The zero-order valence-corrected chi connectivity index (χ0v) is 17.3. The standard InChI is InChI=1S/C19H28N4O5S/c24-17(13-28-18(25)7-11-22-19-20-9-4-10-21-19)23(15-5-2-1-3-6-15)16-8-12-29(26,27)14-16/h4,9-10,15-16H,1-3,5-8,11-14H2,(H,20,21,22). The molecule has 2 aliphatic rings. The lowest BCUT2D eigenvalue weighted by Crippen LogP contribution is -2.50. The summed E-state index contributed by atoms with van der Waals surface area (Å²) in [6.45, 7) is -0.0576. The van der Waals surface area contributed by atoms with Crippen molar-refractivity contribution in [1.82, 2.24) is 14.9 Å². The van der Waals surface area contributed by atoms with E-state index in [1.165, 1.54) is 0 Å². The monoisotopic (exact) mass is 424 g/mol. The minimum Gasteiger partial charge on any atom is -0.456 e. The van der Waals surface area contributed by atoms with Crippen LogP contribution in [0.25, 0.3) is 0 Å². The molecule has 1 aromatic rings. The maximum absolute atomic E-state index is 12.9. The summed E-state index contributed by atoms with van der Waals surface area (Å²) in [4.78, 5) is 34.5. The van der Waals surface area contributed by atoms with Gasteiger partial charge in [-0.1, -0.05) is 19.3 Å². The molecule has 10 heteroatoms. The quantitative estimate of drug-likeness (QED) is 0.618. The van der Waals surface area contributed by atoms with Crippen LogP contribution in [-0.2, 0) is 24.2 Å². The lowest BCUT2D eigenvalue weighted by molar-refractivity contribution is -0.154. The maximum Gasteiger partial charge on any atom is 0.308 e. The van der Waals surface area contributed by atoms with E-state index < -0.39 is 15.8 Å². The molecule has 29 heavy (non-hydrogen) atoms.